The van der Waals surface area contributed by atoms with Crippen molar-refractivity contribution < 1.29 is 9.53 Å². The summed E-state index contributed by atoms with van der Waals surface area (Å²) in [5, 5.41) is 11.7. The van der Waals surface area contributed by atoms with Gasteiger partial charge in [-0.3, -0.25) is 4.79 Å². The molecule has 2 saturated heterocycles. The first-order chi connectivity index (χ1) is 13.3. The standard InChI is InChI=1S/C20H25N5O2/c26-19(20(7-9-21-10-8-20)15-4-2-1-3-5-15)24-11-6-17-18(13-24)27-14-16-12-22-23-25(16)17/h1-5,12,17-18,21H,6-11,13-14H2/t17-,18-/m0/s1. The number of hydrogen-bond donors (Lipinski definition) is 1. The zero-order chi connectivity index (χ0) is 18.3. The second-order valence-electron chi connectivity index (χ2n) is 7.82. The van der Waals surface area contributed by atoms with Crippen LogP contribution in [0.5, 0.6) is 0 Å². The van der Waals surface area contributed by atoms with Crippen LogP contribution in [-0.4, -0.2) is 58.1 Å². The van der Waals surface area contributed by atoms with Crippen LogP contribution in [0.3, 0.4) is 0 Å². The molecule has 142 valence electrons. The highest BCUT2D eigenvalue weighted by Gasteiger charge is 2.46. The number of fused-ring (bicyclic) bond motifs is 3. The Labute approximate surface area is 158 Å². The SMILES string of the molecule is O=C(N1CC[C@H]2[C@H](C1)OCc1cnnn12)C1(c2ccccc2)CCNCC1. The summed E-state index contributed by atoms with van der Waals surface area (Å²) in [6.07, 6.45) is 4.30. The van der Waals surface area contributed by atoms with Gasteiger partial charge in [0.2, 0.25) is 5.91 Å². The molecule has 2 atom stereocenters. The van der Waals surface area contributed by atoms with Crippen LogP contribution in [0.25, 0.3) is 0 Å². The van der Waals surface area contributed by atoms with Crippen molar-refractivity contribution in [2.45, 2.75) is 43.4 Å². The molecule has 0 radical (unpaired) electrons. The van der Waals surface area contributed by atoms with Gasteiger partial charge in [-0.25, -0.2) is 4.68 Å². The second kappa shape index (κ2) is 6.73. The number of carbonyl (C=O) groups excluding carboxylic acids is 1. The van der Waals surface area contributed by atoms with Gasteiger partial charge in [-0.1, -0.05) is 35.5 Å². The lowest BCUT2D eigenvalue weighted by atomic mass is 9.71. The van der Waals surface area contributed by atoms with Crippen LogP contribution in [0, 0.1) is 0 Å². The third-order valence-electron chi connectivity index (χ3n) is 6.41. The molecule has 4 heterocycles. The van der Waals surface area contributed by atoms with Crippen molar-refractivity contribution in [3.63, 3.8) is 0 Å². The van der Waals surface area contributed by atoms with E-state index >= 15 is 0 Å². The molecule has 1 N–H and O–H groups in total. The first-order valence-corrected chi connectivity index (χ1v) is 9.84. The van der Waals surface area contributed by atoms with Crippen LogP contribution in [-0.2, 0) is 21.6 Å². The van der Waals surface area contributed by atoms with Crippen LogP contribution in [0.1, 0.15) is 36.6 Å². The molecule has 0 spiro atoms. The Morgan fingerprint density at radius 2 is 2.04 bits per heavy atom. The Bertz CT molecular complexity index is 815. The Morgan fingerprint density at radius 3 is 2.85 bits per heavy atom. The number of nitrogens with zero attached hydrogens (tertiary/aromatic N) is 4. The number of piperidine rings is 2. The lowest BCUT2D eigenvalue weighted by Crippen LogP contribution is -2.57. The molecule has 7 heteroatoms. The summed E-state index contributed by atoms with van der Waals surface area (Å²) >= 11 is 0. The van der Waals surface area contributed by atoms with Gasteiger partial charge in [0.25, 0.3) is 0 Å². The third kappa shape index (κ3) is 2.76. The number of carbonyl (C=O) groups is 1. The normalized spacial score (nSPS) is 26.9. The summed E-state index contributed by atoms with van der Waals surface area (Å²) < 4.78 is 8.06. The third-order valence-corrected chi connectivity index (χ3v) is 6.41. The van der Waals surface area contributed by atoms with Gasteiger partial charge in [-0.05, 0) is 37.9 Å². The molecule has 5 rings (SSSR count). The van der Waals surface area contributed by atoms with Gasteiger partial charge in [-0.15, -0.1) is 5.10 Å². The minimum atomic E-state index is -0.424. The van der Waals surface area contributed by atoms with Crippen molar-refractivity contribution in [1.82, 2.24) is 25.2 Å². The Hall–Kier alpha value is -2.25. The van der Waals surface area contributed by atoms with E-state index in [-0.39, 0.29) is 18.1 Å². The van der Waals surface area contributed by atoms with Gasteiger partial charge in [-0.2, -0.15) is 0 Å². The highest BCUT2D eigenvalue weighted by Crippen LogP contribution is 2.38. The van der Waals surface area contributed by atoms with E-state index in [0.717, 1.165) is 50.2 Å². The minimum Gasteiger partial charge on any atom is -0.368 e. The molecular formula is C20H25N5O2. The molecule has 1 aromatic heterocycles. The zero-order valence-electron chi connectivity index (χ0n) is 15.4. The van der Waals surface area contributed by atoms with Gasteiger partial charge in [0.1, 0.15) is 0 Å². The summed E-state index contributed by atoms with van der Waals surface area (Å²) in [7, 11) is 0. The maximum atomic E-state index is 13.8. The number of aromatic nitrogens is 3. The van der Waals surface area contributed by atoms with E-state index in [4.69, 9.17) is 4.74 Å². The molecule has 0 bridgehead atoms. The van der Waals surface area contributed by atoms with E-state index in [1.54, 1.807) is 6.20 Å². The van der Waals surface area contributed by atoms with Gasteiger partial charge >= 0.3 is 0 Å². The molecule has 7 nitrogen and oxygen atoms in total. The molecule has 0 saturated carbocycles. The molecule has 2 aromatic rings. The Morgan fingerprint density at radius 1 is 1.22 bits per heavy atom. The molecule has 1 amide bonds. The predicted molar refractivity (Wildman–Crippen MR) is 99.1 cm³/mol. The summed E-state index contributed by atoms with van der Waals surface area (Å²) in [5.41, 5.74) is 1.74. The number of nitrogens with one attached hydrogen (secondary N) is 1. The predicted octanol–water partition coefficient (Wildman–Crippen LogP) is 1.27. The number of likely N-dealkylation sites (tertiary alicyclic amines) is 1. The highest BCUT2D eigenvalue weighted by atomic mass is 16.5. The smallest absolute Gasteiger partial charge is 0.233 e. The number of hydrogen-bond acceptors (Lipinski definition) is 5. The van der Waals surface area contributed by atoms with Crippen molar-refractivity contribution >= 4 is 5.91 Å². The number of amides is 1. The maximum absolute atomic E-state index is 13.8. The molecular weight excluding hydrogens is 342 g/mol. The largest absolute Gasteiger partial charge is 0.368 e. The first-order valence-electron chi connectivity index (χ1n) is 9.84. The van der Waals surface area contributed by atoms with Crippen molar-refractivity contribution in [3.05, 3.63) is 47.8 Å². The van der Waals surface area contributed by atoms with Crippen LogP contribution in [0.4, 0.5) is 0 Å². The molecule has 1 aromatic carbocycles. The molecule has 0 aliphatic carbocycles. The molecule has 2 fully saturated rings. The van der Waals surface area contributed by atoms with E-state index in [1.807, 2.05) is 27.8 Å². The van der Waals surface area contributed by atoms with Gasteiger partial charge in [0.05, 0.1) is 36.1 Å². The van der Waals surface area contributed by atoms with Crippen molar-refractivity contribution in [1.29, 1.82) is 0 Å². The number of benzene rings is 1. The molecule has 3 aliphatic heterocycles. The fourth-order valence-corrected chi connectivity index (χ4v) is 4.91. The molecule has 27 heavy (non-hydrogen) atoms. The van der Waals surface area contributed by atoms with Crippen molar-refractivity contribution in [2.24, 2.45) is 0 Å². The van der Waals surface area contributed by atoms with Gasteiger partial charge in [0.15, 0.2) is 0 Å². The average molecular weight is 367 g/mol. The minimum absolute atomic E-state index is 0.00793. The van der Waals surface area contributed by atoms with Gasteiger partial charge < -0.3 is 15.0 Å². The first kappa shape index (κ1) is 16.9. The quantitative estimate of drug-likeness (QED) is 0.866. The van der Waals surface area contributed by atoms with E-state index in [0.29, 0.717) is 13.2 Å². The van der Waals surface area contributed by atoms with Crippen molar-refractivity contribution in [3.8, 4) is 0 Å². The Kier molecular flexibility index (Phi) is 4.21. The van der Waals surface area contributed by atoms with Crippen LogP contribution >= 0.6 is 0 Å². The number of rotatable bonds is 2. The maximum Gasteiger partial charge on any atom is 0.233 e. The van der Waals surface area contributed by atoms with E-state index in [2.05, 4.69) is 27.8 Å². The van der Waals surface area contributed by atoms with Crippen molar-refractivity contribution in [2.75, 3.05) is 26.2 Å². The van der Waals surface area contributed by atoms with Crippen LogP contribution in [0.15, 0.2) is 36.5 Å². The topological polar surface area (TPSA) is 72.3 Å². The van der Waals surface area contributed by atoms with E-state index in [1.165, 1.54) is 0 Å². The average Bonchev–Trinajstić information content (AvgIpc) is 3.23. The monoisotopic (exact) mass is 367 g/mol. The highest BCUT2D eigenvalue weighted by molar-refractivity contribution is 5.88. The zero-order valence-corrected chi connectivity index (χ0v) is 15.4. The lowest BCUT2D eigenvalue weighted by Gasteiger charge is -2.45. The number of ether oxygens (including phenoxy) is 1. The fraction of sp³-hybridized carbons (Fsp3) is 0.550. The fourth-order valence-electron chi connectivity index (χ4n) is 4.91. The molecule has 3 aliphatic rings. The van der Waals surface area contributed by atoms with E-state index < -0.39 is 5.41 Å². The summed E-state index contributed by atoms with van der Waals surface area (Å²) in [6.45, 7) is 3.64. The summed E-state index contributed by atoms with van der Waals surface area (Å²) in [6, 6.07) is 10.5. The molecule has 0 unspecified atom stereocenters. The second-order valence-corrected chi connectivity index (χ2v) is 7.82. The van der Waals surface area contributed by atoms with Crippen LogP contribution < -0.4 is 5.32 Å². The summed E-state index contributed by atoms with van der Waals surface area (Å²) in [4.78, 5) is 15.8. The van der Waals surface area contributed by atoms with E-state index in [9.17, 15) is 4.79 Å². The van der Waals surface area contributed by atoms with Crippen LogP contribution in [0.2, 0.25) is 0 Å². The summed E-state index contributed by atoms with van der Waals surface area (Å²) in [5.74, 6) is 0.252. The van der Waals surface area contributed by atoms with Gasteiger partial charge in [0, 0.05) is 13.1 Å². The Balaban J connectivity index is 1.40. The lowest BCUT2D eigenvalue weighted by molar-refractivity contribution is -0.146.